The normalized spacial score (nSPS) is 12.3. The highest BCUT2D eigenvalue weighted by Crippen LogP contribution is 2.17. The Hall–Kier alpha value is -2.17. The van der Waals surface area contributed by atoms with Crippen LogP contribution in [0, 0.1) is 0 Å². The lowest BCUT2D eigenvalue weighted by molar-refractivity contribution is -0.113. The van der Waals surface area contributed by atoms with Crippen LogP contribution in [0.1, 0.15) is 12.5 Å². The molecule has 0 fully saturated rings. The third-order valence-electron chi connectivity index (χ3n) is 3.42. The second-order valence-corrected chi connectivity index (χ2v) is 6.32. The van der Waals surface area contributed by atoms with Crippen molar-refractivity contribution >= 4 is 45.1 Å². The van der Waals surface area contributed by atoms with Gasteiger partial charge in [0.05, 0.1) is 10.2 Å². The van der Waals surface area contributed by atoms with E-state index in [-0.39, 0.29) is 5.91 Å². The smallest absolute Gasteiger partial charge is 0.272 e. The second kappa shape index (κ2) is 6.94. The first-order chi connectivity index (χ1) is 11.2. The van der Waals surface area contributed by atoms with Crippen LogP contribution in [0.25, 0.3) is 16.3 Å². The molecular weight excluding hydrogens is 328 g/mol. The van der Waals surface area contributed by atoms with Gasteiger partial charge >= 0.3 is 0 Å². The van der Waals surface area contributed by atoms with Crippen LogP contribution < -0.4 is 4.80 Å². The number of halogens is 1. The summed E-state index contributed by atoms with van der Waals surface area (Å²) < 4.78 is 3.16. The SMILES string of the molecule is CCn1c(=NC(=O)C=Cc2ccccc2Cl)sc2ccccc21. The van der Waals surface area contributed by atoms with Gasteiger partial charge in [-0.2, -0.15) is 4.99 Å². The number of thiazole rings is 1. The molecule has 0 spiro atoms. The van der Waals surface area contributed by atoms with Gasteiger partial charge in [-0.25, -0.2) is 0 Å². The number of para-hydroxylation sites is 1. The van der Waals surface area contributed by atoms with Crippen LogP contribution in [-0.4, -0.2) is 10.5 Å². The molecule has 0 saturated heterocycles. The highest BCUT2D eigenvalue weighted by atomic mass is 35.5. The van der Waals surface area contributed by atoms with E-state index < -0.39 is 0 Å². The summed E-state index contributed by atoms with van der Waals surface area (Å²) in [5, 5.41) is 0.613. The van der Waals surface area contributed by atoms with E-state index in [1.165, 1.54) is 17.4 Å². The van der Waals surface area contributed by atoms with Gasteiger partial charge in [0, 0.05) is 17.6 Å². The van der Waals surface area contributed by atoms with Gasteiger partial charge in [0.25, 0.3) is 5.91 Å². The van der Waals surface area contributed by atoms with Gasteiger partial charge in [-0.3, -0.25) is 4.79 Å². The molecule has 1 heterocycles. The summed E-state index contributed by atoms with van der Waals surface area (Å²) in [6.45, 7) is 2.81. The molecule has 23 heavy (non-hydrogen) atoms. The predicted octanol–water partition coefficient (Wildman–Crippen LogP) is 4.52. The van der Waals surface area contributed by atoms with E-state index in [4.69, 9.17) is 11.6 Å². The maximum Gasteiger partial charge on any atom is 0.272 e. The largest absolute Gasteiger partial charge is 0.317 e. The molecule has 116 valence electrons. The Morgan fingerprint density at radius 2 is 1.96 bits per heavy atom. The maximum absolute atomic E-state index is 12.1. The van der Waals surface area contributed by atoms with Gasteiger partial charge in [-0.15, -0.1) is 0 Å². The van der Waals surface area contributed by atoms with E-state index in [0.717, 1.165) is 22.3 Å². The molecule has 5 heteroatoms. The number of benzene rings is 2. The molecule has 0 radical (unpaired) electrons. The maximum atomic E-state index is 12.1. The van der Waals surface area contributed by atoms with E-state index in [9.17, 15) is 4.79 Å². The number of hydrogen-bond acceptors (Lipinski definition) is 2. The fraction of sp³-hybridized carbons (Fsp3) is 0.111. The van der Waals surface area contributed by atoms with Crippen LogP contribution in [0.3, 0.4) is 0 Å². The van der Waals surface area contributed by atoms with E-state index >= 15 is 0 Å². The molecule has 3 nitrogen and oxygen atoms in total. The fourth-order valence-electron chi connectivity index (χ4n) is 2.31. The number of fused-ring (bicyclic) bond motifs is 1. The molecule has 3 rings (SSSR count). The number of aryl methyl sites for hydroxylation is 1. The van der Waals surface area contributed by atoms with Crippen LogP contribution in [0.4, 0.5) is 0 Å². The topological polar surface area (TPSA) is 34.4 Å². The van der Waals surface area contributed by atoms with Crippen molar-refractivity contribution in [3.05, 3.63) is 70.0 Å². The van der Waals surface area contributed by atoms with Gasteiger partial charge in [0.1, 0.15) is 0 Å². The second-order valence-electron chi connectivity index (χ2n) is 4.90. The molecule has 0 unspecified atom stereocenters. The molecule has 0 aliphatic heterocycles. The van der Waals surface area contributed by atoms with Gasteiger partial charge in [-0.05, 0) is 36.8 Å². The van der Waals surface area contributed by atoms with Gasteiger partial charge in [-0.1, -0.05) is 53.3 Å². The lowest BCUT2D eigenvalue weighted by Crippen LogP contribution is -2.15. The van der Waals surface area contributed by atoms with Crippen molar-refractivity contribution < 1.29 is 4.79 Å². The summed E-state index contributed by atoms with van der Waals surface area (Å²) in [5.41, 5.74) is 1.90. The van der Waals surface area contributed by atoms with Crippen molar-refractivity contribution in [1.82, 2.24) is 4.57 Å². The van der Waals surface area contributed by atoms with Crippen LogP contribution in [0.15, 0.2) is 59.6 Å². The van der Waals surface area contributed by atoms with Gasteiger partial charge < -0.3 is 4.57 Å². The molecule has 0 atom stereocenters. The zero-order chi connectivity index (χ0) is 16.2. The van der Waals surface area contributed by atoms with Crippen LogP contribution in [0.5, 0.6) is 0 Å². The number of aromatic nitrogens is 1. The first kappa shape index (κ1) is 15.7. The highest BCUT2D eigenvalue weighted by molar-refractivity contribution is 7.16. The van der Waals surface area contributed by atoms with E-state index in [2.05, 4.69) is 4.99 Å². The first-order valence-corrected chi connectivity index (χ1v) is 8.48. The lowest BCUT2D eigenvalue weighted by atomic mass is 10.2. The van der Waals surface area contributed by atoms with Crippen LogP contribution >= 0.6 is 22.9 Å². The standard InChI is InChI=1S/C18H15ClN2OS/c1-2-21-15-9-5-6-10-16(15)23-18(21)20-17(22)12-11-13-7-3-4-8-14(13)19/h3-12H,2H2,1H3. The summed E-state index contributed by atoms with van der Waals surface area (Å²) in [6, 6.07) is 15.4. The Bertz CT molecular complexity index is 953. The average Bonchev–Trinajstić information content (AvgIpc) is 2.91. The van der Waals surface area contributed by atoms with Crippen molar-refractivity contribution in [2.24, 2.45) is 4.99 Å². The number of hydrogen-bond donors (Lipinski definition) is 0. The van der Waals surface area contributed by atoms with E-state index in [1.54, 1.807) is 12.1 Å². The lowest BCUT2D eigenvalue weighted by Gasteiger charge is -1.98. The van der Waals surface area contributed by atoms with Crippen molar-refractivity contribution in [2.75, 3.05) is 0 Å². The molecule has 3 aromatic rings. The Kier molecular flexibility index (Phi) is 4.74. The third-order valence-corrected chi connectivity index (χ3v) is 4.82. The van der Waals surface area contributed by atoms with Crippen LogP contribution in [-0.2, 0) is 11.3 Å². The minimum absolute atomic E-state index is 0.293. The molecule has 1 aromatic heterocycles. The summed E-state index contributed by atoms with van der Waals surface area (Å²) in [6.07, 6.45) is 3.14. The molecule has 0 aliphatic rings. The quantitative estimate of drug-likeness (QED) is 0.644. The molecule has 0 N–H and O–H groups in total. The molecule has 0 bridgehead atoms. The number of nitrogens with zero attached hydrogens (tertiary/aromatic N) is 2. The van der Waals surface area contributed by atoms with Crippen molar-refractivity contribution in [3.8, 4) is 0 Å². The molecule has 1 amide bonds. The van der Waals surface area contributed by atoms with Gasteiger partial charge in [0.2, 0.25) is 0 Å². The highest BCUT2D eigenvalue weighted by Gasteiger charge is 2.04. The summed E-state index contributed by atoms with van der Waals surface area (Å²) in [4.78, 5) is 17.1. The average molecular weight is 343 g/mol. The Morgan fingerprint density at radius 1 is 1.22 bits per heavy atom. The monoisotopic (exact) mass is 342 g/mol. The predicted molar refractivity (Wildman–Crippen MR) is 96.5 cm³/mol. The number of carbonyl (C=O) groups is 1. The zero-order valence-electron chi connectivity index (χ0n) is 12.6. The van der Waals surface area contributed by atoms with E-state index in [1.807, 2.05) is 54.0 Å². The van der Waals surface area contributed by atoms with Gasteiger partial charge in [0.15, 0.2) is 4.80 Å². The Morgan fingerprint density at radius 3 is 2.74 bits per heavy atom. The number of carbonyl (C=O) groups excluding carboxylic acids is 1. The van der Waals surface area contributed by atoms with Crippen LogP contribution in [0.2, 0.25) is 5.02 Å². The molecule has 0 saturated carbocycles. The Balaban J connectivity index is 1.95. The van der Waals surface area contributed by atoms with Crippen molar-refractivity contribution in [1.29, 1.82) is 0 Å². The molecule has 0 aliphatic carbocycles. The van der Waals surface area contributed by atoms with Crippen molar-refractivity contribution in [3.63, 3.8) is 0 Å². The summed E-state index contributed by atoms with van der Waals surface area (Å²) in [7, 11) is 0. The number of amides is 1. The van der Waals surface area contributed by atoms with Crippen molar-refractivity contribution in [2.45, 2.75) is 13.5 Å². The minimum Gasteiger partial charge on any atom is -0.317 e. The Labute approximate surface area is 143 Å². The number of rotatable bonds is 3. The zero-order valence-corrected chi connectivity index (χ0v) is 14.1. The molecular formula is C18H15ClN2OS. The molecule has 2 aromatic carbocycles. The third kappa shape index (κ3) is 3.44. The fourth-order valence-corrected chi connectivity index (χ4v) is 3.61. The summed E-state index contributed by atoms with van der Waals surface area (Å²) >= 11 is 7.59. The summed E-state index contributed by atoms with van der Waals surface area (Å²) in [5.74, 6) is -0.293. The first-order valence-electron chi connectivity index (χ1n) is 7.28. The minimum atomic E-state index is -0.293. The van der Waals surface area contributed by atoms with E-state index in [0.29, 0.717) is 9.82 Å².